The molecule has 17 heavy (non-hydrogen) atoms. The lowest BCUT2D eigenvalue weighted by molar-refractivity contribution is 0.0497. The highest BCUT2D eigenvalue weighted by Gasteiger charge is 2.11. The smallest absolute Gasteiger partial charge is 0.339 e. The summed E-state index contributed by atoms with van der Waals surface area (Å²) in [5, 5.41) is 8.91. The fourth-order valence-corrected chi connectivity index (χ4v) is 1.53. The number of ether oxygens (including phenoxy) is 1. The first-order valence-electron chi connectivity index (χ1n) is 5.48. The molecule has 0 bridgehead atoms. The van der Waals surface area contributed by atoms with Gasteiger partial charge in [0.2, 0.25) is 0 Å². The van der Waals surface area contributed by atoms with E-state index in [-0.39, 0.29) is 12.2 Å². The third-order valence-corrected chi connectivity index (χ3v) is 2.58. The Kier molecular flexibility index (Phi) is 5.80. The van der Waals surface area contributed by atoms with Gasteiger partial charge in [-0.15, -0.1) is 0 Å². The molecule has 1 aromatic carbocycles. The Morgan fingerprint density at radius 3 is 2.82 bits per heavy atom. The summed E-state index contributed by atoms with van der Waals surface area (Å²) in [6.07, 6.45) is 2.28. The van der Waals surface area contributed by atoms with Crippen molar-refractivity contribution in [2.24, 2.45) is 0 Å². The van der Waals surface area contributed by atoms with Gasteiger partial charge < -0.3 is 15.6 Å². The standard InChI is InChI=1S/C12H16ClNO3/c13-11-5-4-9(14)8-10(11)12(16)17-7-3-1-2-6-15/h4-5,8,15H,1-3,6-7,14H2. The van der Waals surface area contributed by atoms with Crippen molar-refractivity contribution in [2.75, 3.05) is 18.9 Å². The second-order valence-corrected chi connectivity index (χ2v) is 4.07. The lowest BCUT2D eigenvalue weighted by Gasteiger charge is -2.06. The fourth-order valence-electron chi connectivity index (χ4n) is 1.33. The zero-order valence-electron chi connectivity index (χ0n) is 9.49. The second kappa shape index (κ2) is 7.14. The fraction of sp³-hybridized carbons (Fsp3) is 0.417. The van der Waals surface area contributed by atoms with Crippen LogP contribution in [-0.2, 0) is 4.74 Å². The maximum Gasteiger partial charge on any atom is 0.339 e. The number of carbonyl (C=O) groups excluding carboxylic acids is 1. The number of esters is 1. The van der Waals surface area contributed by atoms with E-state index in [1.807, 2.05) is 0 Å². The third-order valence-electron chi connectivity index (χ3n) is 2.25. The lowest BCUT2D eigenvalue weighted by atomic mass is 10.2. The Morgan fingerprint density at radius 2 is 2.12 bits per heavy atom. The van der Waals surface area contributed by atoms with Crippen molar-refractivity contribution in [3.63, 3.8) is 0 Å². The van der Waals surface area contributed by atoms with Crippen LogP contribution < -0.4 is 5.73 Å². The van der Waals surface area contributed by atoms with Gasteiger partial charge in [0.15, 0.2) is 0 Å². The number of nitrogen functional groups attached to an aromatic ring is 1. The number of hydrogen-bond donors (Lipinski definition) is 2. The highest BCUT2D eigenvalue weighted by molar-refractivity contribution is 6.33. The third kappa shape index (κ3) is 4.63. The van der Waals surface area contributed by atoms with Crippen LogP contribution in [0.3, 0.4) is 0 Å². The molecule has 3 N–H and O–H groups in total. The van der Waals surface area contributed by atoms with Gasteiger partial charge in [0.05, 0.1) is 17.2 Å². The highest BCUT2D eigenvalue weighted by atomic mass is 35.5. The molecule has 0 amide bonds. The first-order valence-corrected chi connectivity index (χ1v) is 5.86. The van der Waals surface area contributed by atoms with Gasteiger partial charge in [0, 0.05) is 12.3 Å². The zero-order valence-corrected chi connectivity index (χ0v) is 10.2. The molecular weight excluding hydrogens is 242 g/mol. The highest BCUT2D eigenvalue weighted by Crippen LogP contribution is 2.19. The van der Waals surface area contributed by atoms with E-state index in [9.17, 15) is 4.79 Å². The molecule has 0 aliphatic rings. The van der Waals surface area contributed by atoms with Gasteiger partial charge in [0.25, 0.3) is 0 Å². The van der Waals surface area contributed by atoms with Gasteiger partial charge in [-0.3, -0.25) is 0 Å². The van der Waals surface area contributed by atoms with Crippen molar-refractivity contribution in [3.8, 4) is 0 Å². The number of anilines is 1. The molecule has 0 radical (unpaired) electrons. The van der Waals surface area contributed by atoms with E-state index in [4.69, 9.17) is 27.2 Å². The summed E-state index contributed by atoms with van der Waals surface area (Å²) >= 11 is 5.86. The summed E-state index contributed by atoms with van der Waals surface area (Å²) in [4.78, 5) is 11.6. The van der Waals surface area contributed by atoms with Crippen molar-refractivity contribution < 1.29 is 14.6 Å². The maximum atomic E-state index is 11.6. The number of carbonyl (C=O) groups is 1. The molecule has 0 heterocycles. The van der Waals surface area contributed by atoms with Gasteiger partial charge in [-0.05, 0) is 37.5 Å². The number of benzene rings is 1. The van der Waals surface area contributed by atoms with Gasteiger partial charge in [-0.2, -0.15) is 0 Å². The van der Waals surface area contributed by atoms with Gasteiger partial charge in [0.1, 0.15) is 0 Å². The van der Waals surface area contributed by atoms with Gasteiger partial charge in [-0.25, -0.2) is 4.79 Å². The Bertz CT molecular complexity index is 382. The summed E-state index contributed by atoms with van der Waals surface area (Å²) < 4.78 is 5.05. The average molecular weight is 258 g/mol. The molecule has 0 spiro atoms. The van der Waals surface area contributed by atoms with Crippen molar-refractivity contribution >= 4 is 23.3 Å². The molecular formula is C12H16ClNO3. The minimum Gasteiger partial charge on any atom is -0.462 e. The normalized spacial score (nSPS) is 10.2. The molecule has 4 nitrogen and oxygen atoms in total. The Balaban J connectivity index is 2.44. The molecule has 5 heteroatoms. The van der Waals surface area contributed by atoms with Crippen LogP contribution in [0.25, 0.3) is 0 Å². The van der Waals surface area contributed by atoms with Crippen LogP contribution in [0.2, 0.25) is 5.02 Å². The Hall–Kier alpha value is -1.26. The molecule has 0 unspecified atom stereocenters. The number of aliphatic hydroxyl groups is 1. The second-order valence-electron chi connectivity index (χ2n) is 3.66. The van der Waals surface area contributed by atoms with Crippen molar-refractivity contribution in [3.05, 3.63) is 28.8 Å². The SMILES string of the molecule is Nc1ccc(Cl)c(C(=O)OCCCCCO)c1. The average Bonchev–Trinajstić information content (AvgIpc) is 2.32. The van der Waals surface area contributed by atoms with Crippen LogP contribution in [0, 0.1) is 0 Å². The molecule has 1 rings (SSSR count). The van der Waals surface area contributed by atoms with Gasteiger partial charge in [-0.1, -0.05) is 11.6 Å². The molecule has 0 aliphatic carbocycles. The molecule has 0 aliphatic heterocycles. The topological polar surface area (TPSA) is 72.6 Å². The minimum atomic E-state index is -0.466. The number of rotatable bonds is 6. The molecule has 0 saturated heterocycles. The lowest BCUT2D eigenvalue weighted by Crippen LogP contribution is -2.08. The number of unbranched alkanes of at least 4 members (excludes halogenated alkanes) is 2. The molecule has 1 aromatic rings. The van der Waals surface area contributed by atoms with Crippen LogP contribution >= 0.6 is 11.6 Å². The van der Waals surface area contributed by atoms with Crippen molar-refractivity contribution in [1.29, 1.82) is 0 Å². The van der Waals surface area contributed by atoms with E-state index in [1.54, 1.807) is 12.1 Å². The number of hydrogen-bond acceptors (Lipinski definition) is 4. The van der Waals surface area contributed by atoms with E-state index in [2.05, 4.69) is 0 Å². The molecule has 0 atom stereocenters. The number of aliphatic hydroxyl groups excluding tert-OH is 1. The van der Waals surface area contributed by atoms with E-state index in [0.29, 0.717) is 17.3 Å². The van der Waals surface area contributed by atoms with Crippen LogP contribution in [-0.4, -0.2) is 24.3 Å². The van der Waals surface area contributed by atoms with Crippen LogP contribution in [0.4, 0.5) is 5.69 Å². The summed E-state index contributed by atoms with van der Waals surface area (Å²) in [5.41, 5.74) is 6.33. The number of nitrogens with two attached hydrogens (primary N) is 1. The van der Waals surface area contributed by atoms with E-state index < -0.39 is 5.97 Å². The monoisotopic (exact) mass is 257 g/mol. The van der Waals surface area contributed by atoms with Crippen molar-refractivity contribution in [1.82, 2.24) is 0 Å². The molecule has 0 aromatic heterocycles. The Labute approximate surface area is 105 Å². The first-order chi connectivity index (χ1) is 8.15. The summed E-state index contributed by atoms with van der Waals surface area (Å²) in [7, 11) is 0. The molecule has 94 valence electrons. The van der Waals surface area contributed by atoms with Crippen LogP contribution in [0.5, 0.6) is 0 Å². The number of halogens is 1. The quantitative estimate of drug-likeness (QED) is 0.466. The maximum absolute atomic E-state index is 11.6. The molecule has 0 saturated carbocycles. The summed E-state index contributed by atoms with van der Waals surface area (Å²) in [6.45, 7) is 0.485. The predicted molar refractivity (Wildman–Crippen MR) is 67.1 cm³/mol. The molecule has 0 fully saturated rings. The van der Waals surface area contributed by atoms with E-state index >= 15 is 0 Å². The van der Waals surface area contributed by atoms with E-state index in [1.165, 1.54) is 6.07 Å². The summed E-state index contributed by atoms with van der Waals surface area (Å²) in [6, 6.07) is 4.69. The zero-order chi connectivity index (χ0) is 12.7. The summed E-state index contributed by atoms with van der Waals surface area (Å²) in [5.74, 6) is -0.466. The Morgan fingerprint density at radius 1 is 1.35 bits per heavy atom. The van der Waals surface area contributed by atoms with Crippen LogP contribution in [0.1, 0.15) is 29.6 Å². The van der Waals surface area contributed by atoms with E-state index in [0.717, 1.165) is 19.3 Å². The van der Waals surface area contributed by atoms with Crippen LogP contribution in [0.15, 0.2) is 18.2 Å². The minimum absolute atomic E-state index is 0.162. The van der Waals surface area contributed by atoms with Crippen molar-refractivity contribution in [2.45, 2.75) is 19.3 Å². The van der Waals surface area contributed by atoms with Gasteiger partial charge >= 0.3 is 5.97 Å². The first kappa shape index (κ1) is 13.8. The predicted octanol–water partition coefficient (Wildman–Crippen LogP) is 2.24. The largest absolute Gasteiger partial charge is 0.462 e.